The van der Waals surface area contributed by atoms with Gasteiger partial charge in [0.05, 0.1) is 0 Å². The van der Waals surface area contributed by atoms with E-state index in [1.165, 1.54) is 25.7 Å². The Morgan fingerprint density at radius 3 is 2.69 bits per heavy atom. The fourth-order valence-corrected chi connectivity index (χ4v) is 3.35. The topological polar surface area (TPSA) is 12.0 Å². The molecular formula is C14H13NS. The lowest BCUT2D eigenvalue weighted by molar-refractivity contribution is 0.825. The largest absolute Gasteiger partial charge is 0.316 e. The van der Waals surface area contributed by atoms with Crippen molar-refractivity contribution in [2.75, 3.05) is 7.05 Å². The van der Waals surface area contributed by atoms with Crippen LogP contribution in [0.15, 0.2) is 42.5 Å². The van der Waals surface area contributed by atoms with E-state index in [2.05, 4.69) is 47.8 Å². The molecule has 0 spiro atoms. The van der Waals surface area contributed by atoms with Gasteiger partial charge in [0.2, 0.25) is 0 Å². The number of hydrogen-bond acceptors (Lipinski definition) is 2. The molecule has 0 saturated carbocycles. The molecule has 1 N–H and O–H groups in total. The van der Waals surface area contributed by atoms with Crippen molar-refractivity contribution in [2.24, 2.45) is 0 Å². The lowest BCUT2D eigenvalue weighted by atomic mass is 10.1. The van der Waals surface area contributed by atoms with Crippen LogP contribution in [0.3, 0.4) is 0 Å². The highest BCUT2D eigenvalue weighted by atomic mass is 32.1. The molecule has 0 saturated heterocycles. The maximum atomic E-state index is 3.23. The van der Waals surface area contributed by atoms with Crippen molar-refractivity contribution in [3.8, 4) is 0 Å². The van der Waals surface area contributed by atoms with E-state index in [-0.39, 0.29) is 0 Å². The normalized spacial score (nSPS) is 11.3. The van der Waals surface area contributed by atoms with Gasteiger partial charge < -0.3 is 5.32 Å². The van der Waals surface area contributed by atoms with E-state index in [0.717, 1.165) is 6.54 Å². The molecule has 0 aliphatic carbocycles. The summed E-state index contributed by atoms with van der Waals surface area (Å²) < 4.78 is 2.79. The molecule has 2 heteroatoms. The molecule has 0 atom stereocenters. The Balaban J connectivity index is 2.39. The van der Waals surface area contributed by atoms with Gasteiger partial charge in [-0.1, -0.05) is 36.4 Å². The summed E-state index contributed by atoms with van der Waals surface area (Å²) in [4.78, 5) is 0. The zero-order valence-electron chi connectivity index (χ0n) is 9.16. The Morgan fingerprint density at radius 1 is 1.00 bits per heavy atom. The summed E-state index contributed by atoms with van der Waals surface area (Å²) in [5.74, 6) is 0. The molecule has 80 valence electrons. The SMILES string of the molecule is CNCc1cccc2c1sc1ccccc12. The van der Waals surface area contributed by atoms with Crippen LogP contribution in [-0.2, 0) is 6.54 Å². The second kappa shape index (κ2) is 3.89. The Hall–Kier alpha value is -1.38. The first kappa shape index (κ1) is 9.82. The van der Waals surface area contributed by atoms with Gasteiger partial charge in [0.1, 0.15) is 0 Å². The van der Waals surface area contributed by atoms with E-state index in [9.17, 15) is 0 Å². The van der Waals surface area contributed by atoms with Crippen LogP contribution in [0.4, 0.5) is 0 Å². The number of thiophene rings is 1. The van der Waals surface area contributed by atoms with E-state index >= 15 is 0 Å². The Bertz CT molecular complexity index is 639. The van der Waals surface area contributed by atoms with Crippen molar-refractivity contribution in [3.05, 3.63) is 48.0 Å². The predicted molar refractivity (Wildman–Crippen MR) is 72.1 cm³/mol. The molecule has 0 amide bonds. The molecule has 16 heavy (non-hydrogen) atoms. The van der Waals surface area contributed by atoms with Crippen LogP contribution in [0.2, 0.25) is 0 Å². The molecule has 0 aliphatic rings. The minimum Gasteiger partial charge on any atom is -0.316 e. The first-order chi connectivity index (χ1) is 7.90. The molecule has 0 fully saturated rings. The summed E-state index contributed by atoms with van der Waals surface area (Å²) in [5, 5.41) is 5.99. The van der Waals surface area contributed by atoms with Crippen molar-refractivity contribution >= 4 is 31.5 Å². The zero-order chi connectivity index (χ0) is 11.0. The summed E-state index contributed by atoms with van der Waals surface area (Å²) in [6.45, 7) is 0.935. The molecule has 3 rings (SSSR count). The van der Waals surface area contributed by atoms with E-state index in [0.29, 0.717) is 0 Å². The number of benzene rings is 2. The lowest BCUT2D eigenvalue weighted by Gasteiger charge is -2.00. The van der Waals surface area contributed by atoms with Gasteiger partial charge in [-0.15, -0.1) is 11.3 Å². The van der Waals surface area contributed by atoms with Gasteiger partial charge in [-0.05, 0) is 18.7 Å². The minimum atomic E-state index is 0.935. The fraction of sp³-hybridized carbons (Fsp3) is 0.143. The van der Waals surface area contributed by atoms with Crippen LogP contribution in [-0.4, -0.2) is 7.05 Å². The maximum Gasteiger partial charge on any atom is 0.0400 e. The molecule has 0 unspecified atom stereocenters. The van der Waals surface area contributed by atoms with Crippen molar-refractivity contribution < 1.29 is 0 Å². The van der Waals surface area contributed by atoms with Crippen molar-refractivity contribution in [1.82, 2.24) is 5.32 Å². The summed E-state index contributed by atoms with van der Waals surface area (Å²) >= 11 is 1.89. The number of hydrogen-bond donors (Lipinski definition) is 1. The number of nitrogens with one attached hydrogen (secondary N) is 1. The standard InChI is InChI=1S/C14H13NS/c1-15-9-10-5-4-7-12-11-6-2-3-8-13(11)16-14(10)12/h2-8,15H,9H2,1H3. The van der Waals surface area contributed by atoms with Gasteiger partial charge in [0.25, 0.3) is 0 Å². The predicted octanol–water partition coefficient (Wildman–Crippen LogP) is 3.77. The van der Waals surface area contributed by atoms with Gasteiger partial charge in [-0.3, -0.25) is 0 Å². The smallest absolute Gasteiger partial charge is 0.0400 e. The third-order valence-corrected chi connectivity index (χ3v) is 4.12. The summed E-state index contributed by atoms with van der Waals surface area (Å²) in [6.07, 6.45) is 0. The van der Waals surface area contributed by atoms with Gasteiger partial charge in [-0.25, -0.2) is 0 Å². The maximum absolute atomic E-state index is 3.23. The average molecular weight is 227 g/mol. The van der Waals surface area contributed by atoms with Crippen LogP contribution in [0.25, 0.3) is 20.2 Å². The van der Waals surface area contributed by atoms with E-state index < -0.39 is 0 Å². The van der Waals surface area contributed by atoms with E-state index in [4.69, 9.17) is 0 Å². The van der Waals surface area contributed by atoms with Crippen LogP contribution >= 0.6 is 11.3 Å². The minimum absolute atomic E-state index is 0.935. The highest BCUT2D eigenvalue weighted by Crippen LogP contribution is 2.35. The Labute approximate surface area is 98.7 Å². The summed E-state index contributed by atoms with van der Waals surface area (Å²) in [6, 6.07) is 15.2. The third kappa shape index (κ3) is 1.42. The first-order valence-corrected chi connectivity index (χ1v) is 6.25. The molecule has 0 aliphatic heterocycles. The third-order valence-electron chi connectivity index (χ3n) is 2.85. The highest BCUT2D eigenvalue weighted by Gasteiger charge is 2.06. The Morgan fingerprint density at radius 2 is 1.81 bits per heavy atom. The van der Waals surface area contributed by atoms with Crippen LogP contribution in [0.1, 0.15) is 5.56 Å². The van der Waals surface area contributed by atoms with E-state index in [1.807, 2.05) is 18.4 Å². The molecule has 1 aromatic heterocycles. The lowest BCUT2D eigenvalue weighted by Crippen LogP contribution is -2.04. The van der Waals surface area contributed by atoms with Crippen molar-refractivity contribution in [3.63, 3.8) is 0 Å². The van der Waals surface area contributed by atoms with Crippen LogP contribution in [0, 0.1) is 0 Å². The summed E-state index contributed by atoms with van der Waals surface area (Å²) in [5.41, 5.74) is 1.39. The second-order valence-electron chi connectivity index (χ2n) is 3.92. The van der Waals surface area contributed by atoms with Crippen molar-refractivity contribution in [2.45, 2.75) is 6.54 Å². The quantitative estimate of drug-likeness (QED) is 0.702. The van der Waals surface area contributed by atoms with Crippen LogP contribution < -0.4 is 5.32 Å². The molecule has 0 radical (unpaired) electrons. The van der Waals surface area contributed by atoms with Gasteiger partial charge >= 0.3 is 0 Å². The molecular weight excluding hydrogens is 214 g/mol. The van der Waals surface area contributed by atoms with Crippen LogP contribution in [0.5, 0.6) is 0 Å². The summed E-state index contributed by atoms with van der Waals surface area (Å²) in [7, 11) is 1.99. The molecule has 1 heterocycles. The van der Waals surface area contributed by atoms with Gasteiger partial charge in [0.15, 0.2) is 0 Å². The second-order valence-corrected chi connectivity index (χ2v) is 4.97. The van der Waals surface area contributed by atoms with E-state index in [1.54, 1.807) is 0 Å². The molecule has 1 nitrogen and oxygen atoms in total. The molecule has 2 aromatic carbocycles. The van der Waals surface area contributed by atoms with Gasteiger partial charge in [-0.2, -0.15) is 0 Å². The van der Waals surface area contributed by atoms with Gasteiger partial charge in [0, 0.05) is 26.7 Å². The van der Waals surface area contributed by atoms with Crippen molar-refractivity contribution in [1.29, 1.82) is 0 Å². The highest BCUT2D eigenvalue weighted by molar-refractivity contribution is 7.26. The average Bonchev–Trinajstić information content (AvgIpc) is 2.69. The zero-order valence-corrected chi connectivity index (χ0v) is 9.97. The number of rotatable bonds is 2. The molecule has 3 aromatic rings. The first-order valence-electron chi connectivity index (χ1n) is 5.44. The fourth-order valence-electron chi connectivity index (χ4n) is 2.14. The Kier molecular flexibility index (Phi) is 2.39. The number of fused-ring (bicyclic) bond motifs is 3. The monoisotopic (exact) mass is 227 g/mol. The molecule has 0 bridgehead atoms.